The van der Waals surface area contributed by atoms with Crippen molar-refractivity contribution in [2.24, 2.45) is 0 Å². The minimum atomic E-state index is -2.70. The molecule has 0 amide bonds. The van der Waals surface area contributed by atoms with Crippen LogP contribution in [0.5, 0.6) is 0 Å². The summed E-state index contributed by atoms with van der Waals surface area (Å²) in [5.41, 5.74) is 0.547. The van der Waals surface area contributed by atoms with Crippen molar-refractivity contribution in [3.05, 3.63) is 22.7 Å². The zero-order valence-electron chi connectivity index (χ0n) is 6.98. The maximum Gasteiger partial charge on any atom is 0.297 e. The van der Waals surface area contributed by atoms with Crippen molar-refractivity contribution in [3.8, 4) is 0 Å². The molecular formula is C8H6Cl2F2N2. The van der Waals surface area contributed by atoms with Crippen LogP contribution >= 0.6 is 23.2 Å². The van der Waals surface area contributed by atoms with Gasteiger partial charge in [0.05, 0.1) is 4.87 Å². The molecule has 0 bridgehead atoms. The first kappa shape index (κ1) is 10.1. The highest BCUT2D eigenvalue weighted by atomic mass is 35.5. The van der Waals surface area contributed by atoms with Gasteiger partial charge in [0, 0.05) is 11.8 Å². The summed E-state index contributed by atoms with van der Waals surface area (Å²) in [5.74, 6) is -0.556. The third-order valence-corrected chi connectivity index (χ3v) is 3.00. The maximum atomic E-state index is 12.2. The Kier molecular flexibility index (Phi) is 2.35. The zero-order chi connectivity index (χ0) is 10.3. The second-order valence-corrected chi connectivity index (χ2v) is 4.28. The monoisotopic (exact) mass is 238 g/mol. The van der Waals surface area contributed by atoms with E-state index in [0.29, 0.717) is 5.56 Å². The van der Waals surface area contributed by atoms with Crippen LogP contribution in [0.4, 0.5) is 8.78 Å². The van der Waals surface area contributed by atoms with Gasteiger partial charge in [-0.25, -0.2) is 18.7 Å². The molecule has 0 radical (unpaired) electrons. The van der Waals surface area contributed by atoms with E-state index < -0.39 is 17.1 Å². The number of alkyl halides is 3. The minimum Gasteiger partial charge on any atom is -0.235 e. The molecule has 1 aromatic rings. The topological polar surface area (TPSA) is 25.8 Å². The Bertz CT molecular complexity index is 366. The summed E-state index contributed by atoms with van der Waals surface area (Å²) in [4.78, 5) is 6.50. The minimum absolute atomic E-state index is 0.0304. The molecule has 0 aliphatic heterocycles. The van der Waals surface area contributed by atoms with Gasteiger partial charge in [0.2, 0.25) is 0 Å². The van der Waals surface area contributed by atoms with Crippen LogP contribution in [0.25, 0.3) is 0 Å². The predicted octanol–water partition coefficient (Wildman–Crippen LogP) is 3.30. The van der Waals surface area contributed by atoms with E-state index in [0.717, 1.165) is 12.8 Å². The Morgan fingerprint density at radius 3 is 2.50 bits per heavy atom. The number of hydrogen-bond acceptors (Lipinski definition) is 2. The average Bonchev–Trinajstić information content (AvgIpc) is 2.84. The van der Waals surface area contributed by atoms with Crippen molar-refractivity contribution in [1.29, 1.82) is 0 Å². The first-order chi connectivity index (χ1) is 6.53. The lowest BCUT2D eigenvalue weighted by molar-refractivity contribution is 0.140. The van der Waals surface area contributed by atoms with Crippen LogP contribution in [0.3, 0.4) is 0 Å². The molecule has 1 aromatic heterocycles. The van der Waals surface area contributed by atoms with Gasteiger partial charge in [-0.3, -0.25) is 0 Å². The molecule has 1 fully saturated rings. The summed E-state index contributed by atoms with van der Waals surface area (Å²) in [7, 11) is 0. The molecule has 2 nitrogen and oxygen atoms in total. The van der Waals surface area contributed by atoms with Gasteiger partial charge in [-0.1, -0.05) is 11.6 Å². The van der Waals surface area contributed by atoms with Crippen molar-refractivity contribution >= 4 is 23.2 Å². The lowest BCUT2D eigenvalue weighted by atomic mass is 10.2. The van der Waals surface area contributed by atoms with Gasteiger partial charge in [0.15, 0.2) is 5.82 Å². The van der Waals surface area contributed by atoms with E-state index in [1.807, 2.05) is 0 Å². The van der Waals surface area contributed by atoms with Crippen molar-refractivity contribution in [1.82, 2.24) is 9.97 Å². The van der Waals surface area contributed by atoms with Gasteiger partial charge >= 0.3 is 0 Å². The number of halogens is 4. The highest BCUT2D eigenvalue weighted by Crippen LogP contribution is 2.53. The molecule has 0 N–H and O–H groups in total. The van der Waals surface area contributed by atoms with E-state index in [1.165, 1.54) is 6.20 Å². The van der Waals surface area contributed by atoms with E-state index in [1.54, 1.807) is 0 Å². The van der Waals surface area contributed by atoms with Crippen LogP contribution in [-0.4, -0.2) is 9.97 Å². The summed E-state index contributed by atoms with van der Waals surface area (Å²) in [6, 6.07) is 0. The summed E-state index contributed by atoms with van der Waals surface area (Å²) in [6.07, 6.45) is 0.153. The van der Waals surface area contributed by atoms with Crippen LogP contribution in [0.2, 0.25) is 5.15 Å². The van der Waals surface area contributed by atoms with Gasteiger partial charge in [0.25, 0.3) is 6.43 Å². The molecule has 1 aliphatic rings. The second-order valence-electron chi connectivity index (χ2n) is 3.20. The molecule has 0 aromatic carbocycles. The summed E-state index contributed by atoms with van der Waals surface area (Å²) in [5, 5.41) is 0.0304. The van der Waals surface area contributed by atoms with Crippen LogP contribution in [0.15, 0.2) is 6.20 Å². The van der Waals surface area contributed by atoms with Gasteiger partial charge in [-0.05, 0) is 12.8 Å². The lowest BCUT2D eigenvalue weighted by Crippen LogP contribution is -2.04. The molecule has 1 saturated carbocycles. The highest BCUT2D eigenvalue weighted by Gasteiger charge is 2.44. The van der Waals surface area contributed by atoms with Crippen molar-refractivity contribution in [2.45, 2.75) is 24.1 Å². The van der Waals surface area contributed by atoms with E-state index >= 15 is 0 Å². The Morgan fingerprint density at radius 2 is 2.07 bits per heavy atom. The molecule has 0 unspecified atom stereocenters. The summed E-state index contributed by atoms with van der Waals surface area (Å²) >= 11 is 11.8. The van der Waals surface area contributed by atoms with Crippen LogP contribution in [0.1, 0.15) is 30.7 Å². The Morgan fingerprint density at radius 1 is 1.43 bits per heavy atom. The van der Waals surface area contributed by atoms with Gasteiger partial charge in [-0.2, -0.15) is 0 Å². The molecule has 6 heteroatoms. The smallest absolute Gasteiger partial charge is 0.235 e. The molecule has 1 heterocycles. The van der Waals surface area contributed by atoms with E-state index in [-0.39, 0.29) is 5.15 Å². The fraction of sp³-hybridized carbons (Fsp3) is 0.500. The van der Waals surface area contributed by atoms with Gasteiger partial charge < -0.3 is 0 Å². The molecule has 1 aliphatic carbocycles. The number of rotatable bonds is 2. The second kappa shape index (κ2) is 3.28. The van der Waals surface area contributed by atoms with E-state index in [4.69, 9.17) is 23.2 Å². The number of hydrogen-bond donors (Lipinski definition) is 0. The predicted molar refractivity (Wildman–Crippen MR) is 48.8 cm³/mol. The molecule has 76 valence electrons. The SMILES string of the molecule is FC(F)c1ncc(C2(Cl)CC2)c(Cl)n1. The Labute approximate surface area is 89.3 Å². The highest BCUT2D eigenvalue weighted by molar-refractivity contribution is 6.33. The quantitative estimate of drug-likeness (QED) is 0.584. The summed E-state index contributed by atoms with van der Waals surface area (Å²) < 4.78 is 24.3. The maximum absolute atomic E-state index is 12.2. The zero-order valence-corrected chi connectivity index (χ0v) is 8.49. The van der Waals surface area contributed by atoms with E-state index in [2.05, 4.69) is 9.97 Å². The van der Waals surface area contributed by atoms with Crippen molar-refractivity contribution < 1.29 is 8.78 Å². The largest absolute Gasteiger partial charge is 0.297 e. The number of nitrogens with zero attached hydrogens (tertiary/aromatic N) is 2. The van der Waals surface area contributed by atoms with Crippen molar-refractivity contribution in [3.63, 3.8) is 0 Å². The molecule has 14 heavy (non-hydrogen) atoms. The Balaban J connectivity index is 2.37. The first-order valence-corrected chi connectivity index (χ1v) is 4.78. The van der Waals surface area contributed by atoms with E-state index in [9.17, 15) is 8.78 Å². The average molecular weight is 239 g/mol. The molecule has 0 atom stereocenters. The molecule has 0 saturated heterocycles. The molecule has 0 spiro atoms. The normalized spacial score (nSPS) is 18.6. The third kappa shape index (κ3) is 1.68. The fourth-order valence-electron chi connectivity index (χ4n) is 1.16. The molecule has 2 rings (SSSR count). The van der Waals surface area contributed by atoms with Gasteiger partial charge in [0.1, 0.15) is 5.15 Å². The Hall–Kier alpha value is -0.480. The lowest BCUT2D eigenvalue weighted by Gasteiger charge is -2.08. The van der Waals surface area contributed by atoms with Crippen LogP contribution in [0, 0.1) is 0 Å². The summed E-state index contributed by atoms with van der Waals surface area (Å²) in [6.45, 7) is 0. The van der Waals surface area contributed by atoms with Gasteiger partial charge in [-0.15, -0.1) is 11.6 Å². The van der Waals surface area contributed by atoms with Crippen LogP contribution < -0.4 is 0 Å². The number of aromatic nitrogens is 2. The fourth-order valence-corrected chi connectivity index (χ4v) is 1.76. The third-order valence-electron chi connectivity index (χ3n) is 2.13. The molecular weight excluding hydrogens is 233 g/mol. The van der Waals surface area contributed by atoms with Crippen molar-refractivity contribution in [2.75, 3.05) is 0 Å². The standard InChI is InChI=1S/C8H6Cl2F2N2/c9-5-4(8(10)1-2-8)3-13-7(14-5)6(11)12/h3,6H,1-2H2. The first-order valence-electron chi connectivity index (χ1n) is 4.03. The van der Waals surface area contributed by atoms with Crippen LogP contribution in [-0.2, 0) is 4.87 Å².